The third-order valence-corrected chi connectivity index (χ3v) is 5.65. The molecule has 1 aliphatic rings. The van der Waals surface area contributed by atoms with Crippen molar-refractivity contribution < 1.29 is 28.6 Å². The summed E-state index contributed by atoms with van der Waals surface area (Å²) in [6, 6.07) is 16.1. The summed E-state index contributed by atoms with van der Waals surface area (Å²) < 4.78 is 16.2. The maximum Gasteiger partial charge on any atom is 0.329 e. The predicted octanol–water partition coefficient (Wildman–Crippen LogP) is 3.12. The zero-order valence-electron chi connectivity index (χ0n) is 21.3. The summed E-state index contributed by atoms with van der Waals surface area (Å²) in [4.78, 5) is 36.5. The maximum absolute atomic E-state index is 12.4. The summed E-state index contributed by atoms with van der Waals surface area (Å²) in [6.45, 7) is 6.02. The lowest BCUT2D eigenvalue weighted by Gasteiger charge is -2.13. The molecule has 3 N–H and O–H groups in total. The number of aryl methyl sites for hydroxylation is 3. The van der Waals surface area contributed by atoms with E-state index in [1.165, 1.54) is 6.21 Å². The van der Waals surface area contributed by atoms with Crippen molar-refractivity contribution in [1.82, 2.24) is 10.7 Å². The van der Waals surface area contributed by atoms with Crippen LogP contribution in [0.3, 0.4) is 0 Å². The van der Waals surface area contributed by atoms with E-state index in [2.05, 4.69) is 21.2 Å². The Labute approximate surface area is 220 Å². The van der Waals surface area contributed by atoms with Gasteiger partial charge in [-0.1, -0.05) is 35.9 Å². The van der Waals surface area contributed by atoms with Crippen molar-refractivity contribution in [2.24, 2.45) is 5.10 Å². The zero-order valence-corrected chi connectivity index (χ0v) is 21.3. The topological polar surface area (TPSA) is 127 Å². The van der Waals surface area contributed by atoms with Crippen LogP contribution in [-0.2, 0) is 20.9 Å². The maximum atomic E-state index is 12.4. The molecule has 0 bridgehead atoms. The number of amides is 3. The zero-order chi connectivity index (χ0) is 27.1. The lowest BCUT2D eigenvalue weighted by Crippen LogP contribution is -2.37. The van der Waals surface area contributed by atoms with E-state index in [0.717, 1.165) is 27.9 Å². The molecule has 38 heavy (non-hydrogen) atoms. The highest BCUT2D eigenvalue weighted by atomic mass is 16.7. The average molecular weight is 517 g/mol. The normalized spacial score (nSPS) is 11.8. The highest BCUT2D eigenvalue weighted by molar-refractivity contribution is 6.35. The predicted molar refractivity (Wildman–Crippen MR) is 141 cm³/mol. The van der Waals surface area contributed by atoms with Gasteiger partial charge in [0.2, 0.25) is 6.79 Å². The van der Waals surface area contributed by atoms with Crippen molar-refractivity contribution in [3.8, 4) is 17.2 Å². The van der Waals surface area contributed by atoms with E-state index in [1.807, 2.05) is 32.9 Å². The van der Waals surface area contributed by atoms with Crippen LogP contribution < -0.4 is 30.3 Å². The summed E-state index contributed by atoms with van der Waals surface area (Å²) in [7, 11) is 0. The van der Waals surface area contributed by atoms with E-state index >= 15 is 0 Å². The Bertz CT molecular complexity index is 1380. The van der Waals surface area contributed by atoms with Crippen molar-refractivity contribution >= 4 is 29.6 Å². The molecule has 0 aliphatic carbocycles. The molecule has 0 fully saturated rings. The van der Waals surface area contributed by atoms with Crippen LogP contribution in [0, 0.1) is 20.8 Å². The minimum atomic E-state index is -0.909. The second-order valence-electron chi connectivity index (χ2n) is 8.75. The Morgan fingerprint density at radius 3 is 2.50 bits per heavy atom. The van der Waals surface area contributed by atoms with Crippen LogP contribution in [0.15, 0.2) is 59.7 Å². The Balaban J connectivity index is 1.23. The Kier molecular flexibility index (Phi) is 8.22. The lowest BCUT2D eigenvalue weighted by atomic mass is 10.1. The molecule has 0 aromatic heterocycles. The van der Waals surface area contributed by atoms with E-state index in [1.54, 1.807) is 42.5 Å². The fraction of sp³-hybridized carbons (Fsp3) is 0.214. The molecule has 0 unspecified atom stereocenters. The molecule has 10 heteroatoms. The smallest absolute Gasteiger partial charge is 0.329 e. The van der Waals surface area contributed by atoms with Gasteiger partial charge in [-0.05, 0) is 67.3 Å². The monoisotopic (exact) mass is 516 g/mol. The first-order chi connectivity index (χ1) is 18.3. The van der Waals surface area contributed by atoms with Crippen LogP contribution in [0.1, 0.15) is 27.8 Å². The molecule has 3 aromatic rings. The largest absolute Gasteiger partial charge is 0.484 e. The van der Waals surface area contributed by atoms with Gasteiger partial charge in [0, 0.05) is 12.2 Å². The molecule has 1 heterocycles. The van der Waals surface area contributed by atoms with Gasteiger partial charge in [-0.2, -0.15) is 5.10 Å². The first-order valence-electron chi connectivity index (χ1n) is 11.9. The number of fused-ring (bicyclic) bond motifs is 1. The molecule has 3 aromatic carbocycles. The molecular weight excluding hydrogens is 488 g/mol. The Morgan fingerprint density at radius 1 is 0.947 bits per heavy atom. The summed E-state index contributed by atoms with van der Waals surface area (Å²) >= 11 is 0. The van der Waals surface area contributed by atoms with Crippen LogP contribution in [0.4, 0.5) is 5.69 Å². The third kappa shape index (κ3) is 6.88. The molecule has 1 aliphatic heterocycles. The number of ether oxygens (including phenoxy) is 3. The number of nitrogens with zero attached hydrogens (tertiary/aromatic N) is 1. The SMILES string of the molecule is Cc1cc(C)c(NC(=O)COc2cccc(/C=N\NC(=O)C(=O)NCc3ccc4c(c3)OCO4)c2)c(C)c1. The number of anilines is 1. The van der Waals surface area contributed by atoms with E-state index in [0.29, 0.717) is 22.8 Å². The van der Waals surface area contributed by atoms with Crippen molar-refractivity contribution in [2.45, 2.75) is 27.3 Å². The van der Waals surface area contributed by atoms with Gasteiger partial charge >= 0.3 is 11.8 Å². The molecule has 0 spiro atoms. The van der Waals surface area contributed by atoms with Crippen LogP contribution in [0.25, 0.3) is 0 Å². The van der Waals surface area contributed by atoms with Crippen LogP contribution in [0.2, 0.25) is 0 Å². The molecule has 3 amide bonds. The van der Waals surface area contributed by atoms with E-state index in [-0.39, 0.29) is 25.9 Å². The number of hydrazone groups is 1. The molecule has 0 saturated carbocycles. The quantitative estimate of drug-likeness (QED) is 0.240. The molecule has 0 radical (unpaired) electrons. The standard InChI is InChI=1S/C28H28N4O6/c1-17-9-18(2)26(19(3)10-17)31-25(33)15-36-22-6-4-5-20(11-22)14-30-32-28(35)27(34)29-13-21-7-8-23-24(12-21)38-16-37-23/h4-12,14H,13,15-16H2,1-3H3,(H,29,34)(H,31,33)(H,32,35)/b30-14-. The van der Waals surface area contributed by atoms with Gasteiger partial charge < -0.3 is 24.8 Å². The van der Waals surface area contributed by atoms with E-state index < -0.39 is 11.8 Å². The number of hydrogen-bond acceptors (Lipinski definition) is 7. The highest BCUT2D eigenvalue weighted by Gasteiger charge is 2.15. The molecule has 10 nitrogen and oxygen atoms in total. The molecular formula is C28H28N4O6. The van der Waals surface area contributed by atoms with Gasteiger partial charge in [0.1, 0.15) is 5.75 Å². The second kappa shape index (κ2) is 11.9. The Morgan fingerprint density at radius 2 is 1.71 bits per heavy atom. The summed E-state index contributed by atoms with van der Waals surface area (Å²) in [5.41, 5.74) is 7.43. The van der Waals surface area contributed by atoms with Crippen LogP contribution in [-0.4, -0.2) is 37.3 Å². The number of nitrogens with one attached hydrogen (secondary N) is 3. The number of hydrogen-bond donors (Lipinski definition) is 3. The fourth-order valence-electron chi connectivity index (χ4n) is 3.92. The second-order valence-corrected chi connectivity index (χ2v) is 8.75. The summed E-state index contributed by atoms with van der Waals surface area (Å²) in [5, 5.41) is 9.24. The third-order valence-electron chi connectivity index (χ3n) is 5.65. The first-order valence-corrected chi connectivity index (χ1v) is 11.9. The number of rotatable bonds is 8. The number of carbonyl (C=O) groups is 3. The van der Waals surface area contributed by atoms with Gasteiger partial charge in [-0.15, -0.1) is 0 Å². The van der Waals surface area contributed by atoms with Gasteiger partial charge in [0.05, 0.1) is 6.21 Å². The van der Waals surface area contributed by atoms with Gasteiger partial charge in [0.25, 0.3) is 5.91 Å². The average Bonchev–Trinajstić information content (AvgIpc) is 3.36. The highest BCUT2D eigenvalue weighted by Crippen LogP contribution is 2.32. The number of carbonyl (C=O) groups excluding carboxylic acids is 3. The van der Waals surface area contributed by atoms with Crippen molar-refractivity contribution in [3.05, 3.63) is 82.4 Å². The van der Waals surface area contributed by atoms with Crippen molar-refractivity contribution in [1.29, 1.82) is 0 Å². The van der Waals surface area contributed by atoms with Gasteiger partial charge in [0.15, 0.2) is 18.1 Å². The molecule has 0 saturated heterocycles. The molecule has 0 atom stereocenters. The number of benzene rings is 3. The Hall–Kier alpha value is -4.86. The molecule has 4 rings (SSSR count). The van der Waals surface area contributed by atoms with Crippen LogP contribution in [0.5, 0.6) is 17.2 Å². The lowest BCUT2D eigenvalue weighted by molar-refractivity contribution is -0.139. The first kappa shape index (κ1) is 26.2. The van der Waals surface area contributed by atoms with Crippen LogP contribution >= 0.6 is 0 Å². The van der Waals surface area contributed by atoms with E-state index in [4.69, 9.17) is 14.2 Å². The summed E-state index contributed by atoms with van der Waals surface area (Å²) in [5.74, 6) is -0.339. The molecule has 196 valence electrons. The minimum Gasteiger partial charge on any atom is -0.484 e. The summed E-state index contributed by atoms with van der Waals surface area (Å²) in [6.07, 6.45) is 1.37. The van der Waals surface area contributed by atoms with Gasteiger partial charge in [-0.3, -0.25) is 14.4 Å². The van der Waals surface area contributed by atoms with E-state index in [9.17, 15) is 14.4 Å². The van der Waals surface area contributed by atoms with Gasteiger partial charge in [-0.25, -0.2) is 5.43 Å². The van der Waals surface area contributed by atoms with Crippen molar-refractivity contribution in [3.63, 3.8) is 0 Å². The van der Waals surface area contributed by atoms with Crippen molar-refractivity contribution in [2.75, 3.05) is 18.7 Å². The fourth-order valence-corrected chi connectivity index (χ4v) is 3.92. The minimum absolute atomic E-state index is 0.141.